The second-order valence-corrected chi connectivity index (χ2v) is 6.23. The minimum Gasteiger partial charge on any atom is -0.381 e. The minimum atomic E-state index is 0. The highest BCUT2D eigenvalue weighted by Gasteiger charge is 2.15. The average Bonchev–Trinajstić information content (AvgIpc) is 3.11. The first-order valence-electron chi connectivity index (χ1n) is 9.70. The monoisotopic (exact) mass is 470 g/mol. The number of rotatable bonds is 13. The largest absolute Gasteiger partial charge is 0.381 e. The van der Waals surface area contributed by atoms with Gasteiger partial charge in [-0.2, -0.15) is 0 Å². The van der Waals surface area contributed by atoms with E-state index in [0.29, 0.717) is 5.92 Å². The zero-order chi connectivity index (χ0) is 17.5. The van der Waals surface area contributed by atoms with Crippen LogP contribution in [-0.2, 0) is 9.47 Å². The highest BCUT2D eigenvalue weighted by molar-refractivity contribution is 14.0. The van der Waals surface area contributed by atoms with E-state index in [1.807, 2.05) is 0 Å². The first-order chi connectivity index (χ1) is 11.8. The predicted octanol–water partition coefficient (Wildman–Crippen LogP) is 2.33. The van der Waals surface area contributed by atoms with Gasteiger partial charge in [0.2, 0.25) is 0 Å². The fourth-order valence-corrected chi connectivity index (χ4v) is 2.71. The van der Waals surface area contributed by atoms with Crippen molar-refractivity contribution in [1.82, 2.24) is 15.5 Å². The molecular formula is C18H39IN4O2. The lowest BCUT2D eigenvalue weighted by molar-refractivity contribution is 0.0893. The Kier molecular flexibility index (Phi) is 17.2. The highest BCUT2D eigenvalue weighted by atomic mass is 127. The van der Waals surface area contributed by atoms with Crippen molar-refractivity contribution in [3.8, 4) is 0 Å². The van der Waals surface area contributed by atoms with Gasteiger partial charge < -0.3 is 25.0 Å². The van der Waals surface area contributed by atoms with Crippen LogP contribution >= 0.6 is 24.0 Å². The van der Waals surface area contributed by atoms with E-state index < -0.39 is 0 Å². The second kappa shape index (κ2) is 17.3. The molecule has 1 fully saturated rings. The molecule has 0 bridgehead atoms. The van der Waals surface area contributed by atoms with E-state index in [9.17, 15) is 0 Å². The summed E-state index contributed by atoms with van der Waals surface area (Å²) in [6, 6.07) is 0. The summed E-state index contributed by atoms with van der Waals surface area (Å²) in [6.07, 6.45) is 3.24. The van der Waals surface area contributed by atoms with Gasteiger partial charge in [-0.3, -0.25) is 4.99 Å². The van der Waals surface area contributed by atoms with Crippen LogP contribution in [0.2, 0.25) is 0 Å². The Morgan fingerprint density at radius 1 is 1.20 bits per heavy atom. The van der Waals surface area contributed by atoms with Crippen molar-refractivity contribution in [3.05, 3.63) is 0 Å². The molecule has 1 unspecified atom stereocenters. The van der Waals surface area contributed by atoms with Crippen LogP contribution in [0.4, 0.5) is 0 Å². The molecule has 1 aliphatic heterocycles. The summed E-state index contributed by atoms with van der Waals surface area (Å²) < 4.78 is 11.1. The molecule has 0 aromatic heterocycles. The number of guanidine groups is 1. The van der Waals surface area contributed by atoms with Gasteiger partial charge in [0.05, 0.1) is 13.2 Å². The smallest absolute Gasteiger partial charge is 0.191 e. The molecule has 1 saturated heterocycles. The Balaban J connectivity index is 0.00000576. The van der Waals surface area contributed by atoms with Gasteiger partial charge in [0, 0.05) is 38.8 Å². The van der Waals surface area contributed by atoms with E-state index in [4.69, 9.17) is 9.47 Å². The number of nitrogens with zero attached hydrogens (tertiary/aromatic N) is 2. The van der Waals surface area contributed by atoms with Crippen LogP contribution in [0.15, 0.2) is 4.99 Å². The summed E-state index contributed by atoms with van der Waals surface area (Å²) in [7, 11) is 0. The SMILES string of the molecule is CCNC(=NCCCOCC1CCOC1)NCCCN(CC)CC.I. The van der Waals surface area contributed by atoms with Crippen LogP contribution in [0.3, 0.4) is 0 Å². The standard InChI is InChI=1S/C18H38N4O2.HI/c1-4-19-18(20-10-7-12-22(5-2)6-3)21-11-8-13-23-15-17-9-14-24-16-17;/h17H,4-16H2,1-3H3,(H2,19,20,21);1H. The van der Waals surface area contributed by atoms with E-state index >= 15 is 0 Å². The van der Waals surface area contributed by atoms with Crippen molar-refractivity contribution in [2.75, 3.05) is 65.7 Å². The first kappa shape index (κ1) is 24.9. The van der Waals surface area contributed by atoms with Gasteiger partial charge >= 0.3 is 0 Å². The summed E-state index contributed by atoms with van der Waals surface area (Å²) in [4.78, 5) is 7.06. The fraction of sp³-hybridized carbons (Fsp3) is 0.944. The van der Waals surface area contributed by atoms with Crippen LogP contribution < -0.4 is 10.6 Å². The maximum Gasteiger partial charge on any atom is 0.191 e. The van der Waals surface area contributed by atoms with Gasteiger partial charge in [-0.05, 0) is 45.8 Å². The van der Waals surface area contributed by atoms with Crippen molar-refractivity contribution in [2.24, 2.45) is 10.9 Å². The van der Waals surface area contributed by atoms with Gasteiger partial charge in [0.1, 0.15) is 0 Å². The van der Waals surface area contributed by atoms with Crippen molar-refractivity contribution in [1.29, 1.82) is 0 Å². The zero-order valence-corrected chi connectivity index (χ0v) is 18.7. The Labute approximate surface area is 171 Å². The average molecular weight is 470 g/mol. The maximum atomic E-state index is 5.71. The van der Waals surface area contributed by atoms with Gasteiger partial charge in [0.15, 0.2) is 5.96 Å². The van der Waals surface area contributed by atoms with Crippen molar-refractivity contribution < 1.29 is 9.47 Å². The van der Waals surface area contributed by atoms with E-state index in [-0.39, 0.29) is 24.0 Å². The van der Waals surface area contributed by atoms with Gasteiger partial charge in [-0.1, -0.05) is 13.8 Å². The number of aliphatic imine (C=N–C) groups is 1. The lowest BCUT2D eigenvalue weighted by Crippen LogP contribution is -2.39. The molecule has 0 spiro atoms. The molecule has 0 aromatic carbocycles. The summed E-state index contributed by atoms with van der Waals surface area (Å²) in [5.41, 5.74) is 0. The van der Waals surface area contributed by atoms with E-state index in [2.05, 4.69) is 41.3 Å². The zero-order valence-electron chi connectivity index (χ0n) is 16.4. The number of hydrogen-bond donors (Lipinski definition) is 2. The predicted molar refractivity (Wildman–Crippen MR) is 116 cm³/mol. The third-order valence-corrected chi connectivity index (χ3v) is 4.28. The molecule has 0 saturated carbocycles. The molecule has 0 aromatic rings. The molecule has 6 nitrogen and oxygen atoms in total. The quantitative estimate of drug-likeness (QED) is 0.187. The third-order valence-electron chi connectivity index (χ3n) is 4.28. The minimum absolute atomic E-state index is 0. The molecule has 1 atom stereocenters. The summed E-state index contributed by atoms with van der Waals surface area (Å²) in [6.45, 7) is 15.9. The summed E-state index contributed by atoms with van der Waals surface area (Å²) >= 11 is 0. The van der Waals surface area contributed by atoms with Crippen molar-refractivity contribution in [2.45, 2.75) is 40.0 Å². The Hall–Kier alpha value is -0.120. The number of hydrogen-bond acceptors (Lipinski definition) is 4. The second-order valence-electron chi connectivity index (χ2n) is 6.23. The van der Waals surface area contributed by atoms with Crippen LogP contribution in [0.5, 0.6) is 0 Å². The molecule has 25 heavy (non-hydrogen) atoms. The topological polar surface area (TPSA) is 58.1 Å². The third kappa shape index (κ3) is 12.8. The molecule has 150 valence electrons. The first-order valence-corrected chi connectivity index (χ1v) is 9.70. The maximum absolute atomic E-state index is 5.71. The molecular weight excluding hydrogens is 431 g/mol. The van der Waals surface area contributed by atoms with E-state index in [1.165, 1.54) is 0 Å². The lowest BCUT2D eigenvalue weighted by Gasteiger charge is -2.18. The molecule has 1 heterocycles. The molecule has 0 amide bonds. The number of halogens is 1. The van der Waals surface area contributed by atoms with Gasteiger partial charge in [-0.15, -0.1) is 24.0 Å². The van der Waals surface area contributed by atoms with E-state index in [0.717, 1.165) is 90.9 Å². The normalized spacial score (nSPS) is 17.6. The van der Waals surface area contributed by atoms with Gasteiger partial charge in [-0.25, -0.2) is 0 Å². The Bertz CT molecular complexity index is 322. The molecule has 0 aliphatic carbocycles. The molecule has 1 rings (SSSR count). The summed E-state index contributed by atoms with van der Waals surface area (Å²) in [5.74, 6) is 1.51. The van der Waals surface area contributed by atoms with Crippen molar-refractivity contribution in [3.63, 3.8) is 0 Å². The van der Waals surface area contributed by atoms with Crippen LogP contribution in [0.1, 0.15) is 40.0 Å². The fourth-order valence-electron chi connectivity index (χ4n) is 2.71. The number of ether oxygens (including phenoxy) is 2. The number of nitrogens with one attached hydrogen (secondary N) is 2. The molecule has 7 heteroatoms. The molecule has 0 radical (unpaired) electrons. The van der Waals surface area contributed by atoms with Gasteiger partial charge in [0.25, 0.3) is 0 Å². The lowest BCUT2D eigenvalue weighted by atomic mass is 10.1. The van der Waals surface area contributed by atoms with Crippen LogP contribution in [-0.4, -0.2) is 76.6 Å². The summed E-state index contributed by atoms with van der Waals surface area (Å²) in [5, 5.41) is 6.72. The van der Waals surface area contributed by atoms with E-state index in [1.54, 1.807) is 0 Å². The molecule has 2 N–H and O–H groups in total. The highest BCUT2D eigenvalue weighted by Crippen LogP contribution is 2.12. The van der Waals surface area contributed by atoms with Crippen molar-refractivity contribution >= 4 is 29.9 Å². The Morgan fingerprint density at radius 3 is 2.64 bits per heavy atom. The van der Waals surface area contributed by atoms with Crippen LogP contribution in [0, 0.1) is 5.92 Å². The molecule has 1 aliphatic rings. The Morgan fingerprint density at radius 2 is 2.00 bits per heavy atom. The van der Waals surface area contributed by atoms with Crippen LogP contribution in [0.25, 0.3) is 0 Å².